The molecule has 0 radical (unpaired) electrons. The van der Waals surface area contributed by atoms with Crippen LogP contribution >= 0.6 is 23.4 Å². The summed E-state index contributed by atoms with van der Waals surface area (Å²) < 4.78 is 17.0. The molecule has 1 aromatic carbocycles. The Morgan fingerprint density at radius 2 is 2.15 bits per heavy atom. The summed E-state index contributed by atoms with van der Waals surface area (Å²) >= 11 is 7.33. The molecular formula is C17H16ClFN4O2S. The minimum absolute atomic E-state index is 0.247. The number of allylic oxidation sites excluding steroid dienone is 2. The van der Waals surface area contributed by atoms with Crippen molar-refractivity contribution in [3.05, 3.63) is 67.6 Å². The van der Waals surface area contributed by atoms with Crippen molar-refractivity contribution in [3.8, 4) is 0 Å². The fourth-order valence-electron chi connectivity index (χ4n) is 2.51. The molecule has 0 bridgehead atoms. The molecule has 2 heterocycles. The highest BCUT2D eigenvalue weighted by atomic mass is 35.5. The Morgan fingerprint density at radius 3 is 2.85 bits per heavy atom. The SMILES string of the molecule is C/C=C/Cn1c(SCc2c(F)cccc2Cl)nc2c1c(=O)[nH]c(=O)n2C. The minimum atomic E-state index is -0.535. The number of halogens is 2. The molecule has 3 rings (SSSR count). The van der Waals surface area contributed by atoms with E-state index in [0.29, 0.717) is 27.8 Å². The Balaban J connectivity index is 2.10. The predicted octanol–water partition coefficient (Wildman–Crippen LogP) is 3.08. The molecule has 0 amide bonds. The van der Waals surface area contributed by atoms with E-state index in [1.165, 1.54) is 29.4 Å². The van der Waals surface area contributed by atoms with Gasteiger partial charge >= 0.3 is 5.69 Å². The van der Waals surface area contributed by atoms with Crippen molar-refractivity contribution >= 4 is 34.5 Å². The van der Waals surface area contributed by atoms with Crippen molar-refractivity contribution in [1.29, 1.82) is 0 Å². The van der Waals surface area contributed by atoms with Gasteiger partial charge in [-0.15, -0.1) is 0 Å². The van der Waals surface area contributed by atoms with Crippen molar-refractivity contribution < 1.29 is 4.39 Å². The minimum Gasteiger partial charge on any atom is -0.309 e. The highest BCUT2D eigenvalue weighted by Crippen LogP contribution is 2.29. The fraction of sp³-hybridized carbons (Fsp3) is 0.235. The number of rotatable bonds is 5. The van der Waals surface area contributed by atoms with Crippen LogP contribution in [0.25, 0.3) is 11.2 Å². The molecule has 0 fully saturated rings. The third kappa shape index (κ3) is 3.34. The normalized spacial score (nSPS) is 11.7. The quantitative estimate of drug-likeness (QED) is 0.533. The lowest BCUT2D eigenvalue weighted by Gasteiger charge is -2.07. The van der Waals surface area contributed by atoms with E-state index in [-0.39, 0.29) is 11.4 Å². The lowest BCUT2D eigenvalue weighted by atomic mass is 10.2. The van der Waals surface area contributed by atoms with Gasteiger partial charge in [-0.05, 0) is 19.1 Å². The van der Waals surface area contributed by atoms with E-state index >= 15 is 0 Å². The Bertz CT molecular complexity index is 1100. The first-order chi connectivity index (χ1) is 12.4. The molecule has 0 spiro atoms. The maximum Gasteiger partial charge on any atom is 0.329 e. The maximum absolute atomic E-state index is 14.0. The monoisotopic (exact) mass is 394 g/mol. The number of aryl methyl sites for hydroxylation is 1. The summed E-state index contributed by atoms with van der Waals surface area (Å²) in [5.74, 6) is -0.150. The van der Waals surface area contributed by atoms with Crippen LogP contribution in [0.3, 0.4) is 0 Å². The van der Waals surface area contributed by atoms with Crippen LogP contribution in [0.15, 0.2) is 45.1 Å². The lowest BCUT2D eigenvalue weighted by Crippen LogP contribution is -2.29. The van der Waals surface area contributed by atoms with Crippen molar-refractivity contribution in [2.75, 3.05) is 0 Å². The Morgan fingerprint density at radius 1 is 1.38 bits per heavy atom. The number of benzene rings is 1. The number of nitrogens with one attached hydrogen (secondary N) is 1. The average molecular weight is 395 g/mol. The first-order valence-electron chi connectivity index (χ1n) is 7.80. The molecule has 136 valence electrons. The van der Waals surface area contributed by atoms with Crippen molar-refractivity contribution in [2.45, 2.75) is 24.4 Å². The molecule has 3 aromatic rings. The van der Waals surface area contributed by atoms with Gasteiger partial charge in [0.1, 0.15) is 5.82 Å². The Labute approximate surface area is 157 Å². The molecule has 1 N–H and O–H groups in total. The first-order valence-corrected chi connectivity index (χ1v) is 9.16. The second kappa shape index (κ2) is 7.51. The first kappa shape index (κ1) is 18.5. The zero-order valence-electron chi connectivity index (χ0n) is 14.1. The van der Waals surface area contributed by atoms with Crippen LogP contribution in [0.4, 0.5) is 4.39 Å². The van der Waals surface area contributed by atoms with Crippen LogP contribution < -0.4 is 11.2 Å². The molecular weight excluding hydrogens is 379 g/mol. The lowest BCUT2D eigenvalue weighted by molar-refractivity contribution is 0.617. The molecule has 6 nitrogen and oxygen atoms in total. The number of nitrogens with zero attached hydrogens (tertiary/aromatic N) is 3. The van der Waals surface area contributed by atoms with Crippen LogP contribution in [0.5, 0.6) is 0 Å². The highest BCUT2D eigenvalue weighted by Gasteiger charge is 2.18. The molecule has 26 heavy (non-hydrogen) atoms. The van der Waals surface area contributed by atoms with E-state index in [1.54, 1.807) is 16.7 Å². The van der Waals surface area contributed by atoms with Gasteiger partial charge in [0.25, 0.3) is 5.56 Å². The number of aromatic amines is 1. The molecule has 0 unspecified atom stereocenters. The summed E-state index contributed by atoms with van der Waals surface area (Å²) in [6.07, 6.45) is 3.72. The van der Waals surface area contributed by atoms with E-state index < -0.39 is 17.1 Å². The van der Waals surface area contributed by atoms with Gasteiger partial charge in [0.15, 0.2) is 16.3 Å². The van der Waals surface area contributed by atoms with Crippen molar-refractivity contribution in [3.63, 3.8) is 0 Å². The Hall–Kier alpha value is -2.32. The number of imidazole rings is 1. The van der Waals surface area contributed by atoms with Crippen LogP contribution in [0, 0.1) is 5.82 Å². The van der Waals surface area contributed by atoms with E-state index in [0.717, 1.165) is 0 Å². The maximum atomic E-state index is 14.0. The van der Waals surface area contributed by atoms with Gasteiger partial charge in [-0.3, -0.25) is 14.3 Å². The standard InChI is InChI=1S/C17H16ClFN4O2S/c1-3-4-8-23-13-14(22(2)16(25)21-15(13)24)20-17(23)26-9-10-11(18)6-5-7-12(10)19/h3-7H,8-9H2,1-2H3,(H,21,24,25)/b4-3+. The second-order valence-corrected chi connectivity index (χ2v) is 6.90. The highest BCUT2D eigenvalue weighted by molar-refractivity contribution is 7.98. The number of H-pyrrole nitrogens is 1. The third-order valence-corrected chi connectivity index (χ3v) is 5.26. The van der Waals surface area contributed by atoms with Gasteiger partial charge in [0.05, 0.1) is 0 Å². The number of thioether (sulfide) groups is 1. The smallest absolute Gasteiger partial charge is 0.309 e. The Kier molecular flexibility index (Phi) is 5.33. The van der Waals surface area contributed by atoms with Gasteiger partial charge in [-0.2, -0.15) is 0 Å². The van der Waals surface area contributed by atoms with E-state index in [2.05, 4.69) is 9.97 Å². The molecule has 0 aliphatic carbocycles. The number of fused-ring (bicyclic) bond motifs is 1. The largest absolute Gasteiger partial charge is 0.329 e. The number of hydrogen-bond acceptors (Lipinski definition) is 4. The van der Waals surface area contributed by atoms with Crippen LogP contribution in [0.2, 0.25) is 5.02 Å². The number of hydrogen-bond donors (Lipinski definition) is 1. The van der Waals surface area contributed by atoms with E-state index in [4.69, 9.17) is 11.6 Å². The zero-order chi connectivity index (χ0) is 18.8. The second-order valence-electron chi connectivity index (χ2n) is 5.55. The fourth-order valence-corrected chi connectivity index (χ4v) is 3.86. The molecule has 0 aliphatic rings. The van der Waals surface area contributed by atoms with Crippen LogP contribution in [-0.4, -0.2) is 19.1 Å². The summed E-state index contributed by atoms with van der Waals surface area (Å²) in [6, 6.07) is 4.51. The van der Waals surface area contributed by atoms with Gasteiger partial charge in [0.2, 0.25) is 0 Å². The molecule has 0 aliphatic heterocycles. The third-order valence-electron chi connectivity index (χ3n) is 3.90. The summed E-state index contributed by atoms with van der Waals surface area (Å²) in [4.78, 5) is 30.8. The van der Waals surface area contributed by atoms with Crippen molar-refractivity contribution in [1.82, 2.24) is 19.1 Å². The van der Waals surface area contributed by atoms with Gasteiger partial charge in [-0.25, -0.2) is 14.2 Å². The van der Waals surface area contributed by atoms with Gasteiger partial charge < -0.3 is 4.57 Å². The molecule has 0 atom stereocenters. The summed E-state index contributed by atoms with van der Waals surface area (Å²) in [5.41, 5.74) is -0.0907. The summed E-state index contributed by atoms with van der Waals surface area (Å²) in [7, 11) is 1.54. The predicted molar refractivity (Wildman–Crippen MR) is 101 cm³/mol. The zero-order valence-corrected chi connectivity index (χ0v) is 15.7. The number of aromatic nitrogens is 4. The molecule has 2 aromatic heterocycles. The average Bonchev–Trinajstić information content (AvgIpc) is 2.96. The van der Waals surface area contributed by atoms with E-state index in [1.807, 2.05) is 19.1 Å². The van der Waals surface area contributed by atoms with Crippen LogP contribution in [-0.2, 0) is 19.3 Å². The molecule has 0 saturated heterocycles. The topological polar surface area (TPSA) is 72.7 Å². The van der Waals surface area contributed by atoms with Gasteiger partial charge in [0, 0.05) is 29.9 Å². The van der Waals surface area contributed by atoms with Crippen LogP contribution in [0.1, 0.15) is 12.5 Å². The van der Waals surface area contributed by atoms with Gasteiger partial charge in [-0.1, -0.05) is 41.6 Å². The molecule has 0 saturated carbocycles. The summed E-state index contributed by atoms with van der Waals surface area (Å²) in [6.45, 7) is 2.27. The molecule has 9 heteroatoms. The van der Waals surface area contributed by atoms with Crippen molar-refractivity contribution in [2.24, 2.45) is 7.05 Å². The van der Waals surface area contributed by atoms with E-state index in [9.17, 15) is 14.0 Å². The summed E-state index contributed by atoms with van der Waals surface area (Å²) in [5, 5.41) is 0.836.